The average Bonchev–Trinajstić information content (AvgIpc) is 1.54. The first kappa shape index (κ1) is 64.7. The standard InChI is InChI=1S/C96H58N8O8/c1-9-33-57(34-10-1)105-81-65-49-25-26-50-66(65)82(106-58-35-11-2-12-36-58)74-73(81)89-97-90(74)102-92-77-78(86(110-62-43-19-6-20-44-62)70-54-30-29-53-69(70)85(77)109-61-41-17-5-18-42-61)94(99-92)104-96-80-79(87(111-63-45-21-7-22-46-63)71-55-31-32-56-72(71)88(80)112-64-47-23-8-24-48-64)95(100-96)103-93-76-75(91(98-93)101-89)83(107-59-37-13-3-14-38-59)67-51-27-28-52-68(67)84(76)108-60-39-15-4-16-40-60/h1-56H,(H2,97,98,99,100,101,102,103,104). The van der Waals surface area contributed by atoms with Crippen molar-refractivity contribution in [3.8, 4) is 138 Å². The van der Waals surface area contributed by atoms with Crippen LogP contribution >= 0.6 is 0 Å². The van der Waals surface area contributed by atoms with E-state index in [2.05, 4.69) is 9.97 Å². The van der Waals surface area contributed by atoms with Crippen molar-refractivity contribution in [2.24, 2.45) is 0 Å². The van der Waals surface area contributed by atoms with Crippen LogP contribution < -0.4 is 37.9 Å². The summed E-state index contributed by atoms with van der Waals surface area (Å²) < 4.78 is 58.9. The minimum atomic E-state index is 0.168. The van der Waals surface area contributed by atoms with E-state index in [-0.39, 0.29) is 45.9 Å². The van der Waals surface area contributed by atoms with Gasteiger partial charge in [-0.25, -0.2) is 29.9 Å². The van der Waals surface area contributed by atoms with Gasteiger partial charge in [0, 0.05) is 43.1 Å². The van der Waals surface area contributed by atoms with Gasteiger partial charge in [0.1, 0.15) is 115 Å². The van der Waals surface area contributed by atoms with Gasteiger partial charge in [0.05, 0.1) is 43.8 Å². The molecule has 0 atom stereocenters. The van der Waals surface area contributed by atoms with Crippen molar-refractivity contribution in [1.29, 1.82) is 0 Å². The van der Waals surface area contributed by atoms with Gasteiger partial charge in [0.15, 0.2) is 23.3 Å². The van der Waals surface area contributed by atoms with Crippen LogP contribution in [0.15, 0.2) is 340 Å². The van der Waals surface area contributed by atoms with Crippen molar-refractivity contribution < 1.29 is 37.9 Å². The number of hydrogen-bond acceptors (Lipinski definition) is 14. The van der Waals surface area contributed by atoms with Crippen molar-refractivity contribution >= 4 is 87.2 Å². The molecule has 112 heavy (non-hydrogen) atoms. The van der Waals surface area contributed by atoms with Crippen molar-refractivity contribution in [2.75, 3.05) is 0 Å². The molecule has 8 bridgehead atoms. The molecule has 0 spiro atoms. The summed E-state index contributed by atoms with van der Waals surface area (Å²) in [7, 11) is 0. The van der Waals surface area contributed by atoms with Crippen LogP contribution in [-0.4, -0.2) is 39.9 Å². The number of aromatic amines is 2. The molecule has 0 amide bonds. The molecule has 530 valence electrons. The lowest BCUT2D eigenvalue weighted by Gasteiger charge is -2.18. The van der Waals surface area contributed by atoms with Gasteiger partial charge in [-0.05, 0) is 97.1 Å². The number of H-pyrrole nitrogens is 2. The first-order chi connectivity index (χ1) is 55.5. The highest BCUT2D eigenvalue weighted by Crippen LogP contribution is 2.59. The molecule has 0 radical (unpaired) electrons. The third-order valence-electron chi connectivity index (χ3n) is 19.8. The SMILES string of the molecule is c1ccc(Oc2c3c(c(Oc4ccccc4)c4ccccc24)-c2nc-3nc3[nH]c(nc4nc(nc5[nH]c(n2)c2c(Oc6ccccc6)c6ccccc6c(Oc6ccccc6)c52)-c2c-4c(Oc4ccccc4)c4ccccc4c2Oc2ccccc2)c2c(Oc4ccccc4)c4ccccc4c(Oc4ccccc4)c32)cc1. The molecule has 5 heterocycles. The quantitative estimate of drug-likeness (QED) is 0.0932. The molecule has 0 saturated carbocycles. The number of fused-ring (bicyclic) bond motifs is 24. The highest BCUT2D eigenvalue weighted by molar-refractivity contribution is 6.23. The van der Waals surface area contributed by atoms with Gasteiger partial charge in [-0.2, -0.15) is 0 Å². The molecule has 16 heteroatoms. The average molecular weight is 1450 g/mol. The largest absolute Gasteiger partial charge is 0.456 e. The highest BCUT2D eigenvalue weighted by atomic mass is 16.5. The second-order valence-electron chi connectivity index (χ2n) is 26.7. The van der Waals surface area contributed by atoms with Gasteiger partial charge in [0.2, 0.25) is 0 Å². The molecule has 2 aliphatic rings. The molecule has 16 nitrogen and oxygen atoms in total. The highest BCUT2D eigenvalue weighted by Gasteiger charge is 2.37. The lowest BCUT2D eigenvalue weighted by Crippen LogP contribution is -1.97. The Morgan fingerprint density at radius 2 is 0.295 bits per heavy atom. The van der Waals surface area contributed by atoms with Gasteiger partial charge in [-0.3, -0.25) is 0 Å². The molecule has 3 aromatic heterocycles. The summed E-state index contributed by atoms with van der Waals surface area (Å²) in [6, 6.07) is 109. The van der Waals surface area contributed by atoms with Gasteiger partial charge in [-0.15, -0.1) is 0 Å². The van der Waals surface area contributed by atoms with Crippen LogP contribution in [0, 0.1) is 0 Å². The van der Waals surface area contributed by atoms with E-state index in [0.717, 1.165) is 0 Å². The third-order valence-corrected chi connectivity index (χ3v) is 19.8. The number of nitrogens with one attached hydrogen (secondary N) is 2. The molecule has 21 rings (SSSR count). The minimum absolute atomic E-state index is 0.168. The van der Waals surface area contributed by atoms with Crippen molar-refractivity contribution in [2.45, 2.75) is 0 Å². The maximum absolute atomic E-state index is 7.37. The van der Waals surface area contributed by atoms with Crippen LogP contribution in [0.4, 0.5) is 0 Å². The summed E-state index contributed by atoms with van der Waals surface area (Å²) in [5.74, 6) is 8.43. The van der Waals surface area contributed by atoms with Gasteiger partial charge in [-0.1, -0.05) is 243 Å². The Morgan fingerprint density at radius 3 is 0.464 bits per heavy atom. The third kappa shape index (κ3) is 11.4. The van der Waals surface area contributed by atoms with Crippen LogP contribution in [-0.2, 0) is 0 Å². The van der Waals surface area contributed by atoms with Crippen LogP contribution in [0.1, 0.15) is 0 Å². The zero-order valence-corrected chi connectivity index (χ0v) is 59.3. The monoisotopic (exact) mass is 1450 g/mol. The van der Waals surface area contributed by atoms with E-state index in [4.69, 9.17) is 67.8 Å². The number of benzene rings is 16. The second kappa shape index (κ2) is 27.3. The van der Waals surface area contributed by atoms with E-state index in [1.165, 1.54) is 0 Å². The van der Waals surface area contributed by atoms with Crippen molar-refractivity contribution in [1.82, 2.24) is 39.9 Å². The molecular formula is C96H58N8O8. The summed E-state index contributed by atoms with van der Waals surface area (Å²) in [6.07, 6.45) is 0. The van der Waals surface area contributed by atoms with Crippen LogP contribution in [0.3, 0.4) is 0 Å². The fourth-order valence-corrected chi connectivity index (χ4v) is 14.9. The molecule has 16 aromatic carbocycles. The first-order valence-electron chi connectivity index (χ1n) is 36.5. The van der Waals surface area contributed by atoms with Gasteiger partial charge >= 0.3 is 0 Å². The molecule has 0 unspecified atom stereocenters. The number of rotatable bonds is 16. The molecule has 2 N–H and O–H groups in total. The van der Waals surface area contributed by atoms with Gasteiger partial charge < -0.3 is 47.9 Å². The lowest BCUT2D eigenvalue weighted by atomic mass is 9.97. The van der Waals surface area contributed by atoms with E-state index in [1.54, 1.807) is 0 Å². The Bertz CT molecular complexity index is 6270. The Kier molecular flexibility index (Phi) is 15.8. The number of hydrogen-bond donors (Lipinski definition) is 2. The minimum Gasteiger partial charge on any atom is -0.456 e. The summed E-state index contributed by atoms with van der Waals surface area (Å²) in [6.45, 7) is 0. The van der Waals surface area contributed by atoms with E-state index in [9.17, 15) is 0 Å². The van der Waals surface area contributed by atoms with Crippen LogP contribution in [0.2, 0.25) is 0 Å². The number of aromatic nitrogens is 8. The van der Waals surface area contributed by atoms with E-state index in [1.807, 2.05) is 340 Å². The molecule has 0 aliphatic carbocycles. The van der Waals surface area contributed by atoms with E-state index < -0.39 is 0 Å². The Morgan fingerprint density at radius 1 is 0.152 bits per heavy atom. The summed E-state index contributed by atoms with van der Waals surface area (Å²) in [5, 5.41) is 7.44. The maximum Gasteiger partial charge on any atom is 0.168 e. The van der Waals surface area contributed by atoms with Crippen LogP contribution in [0.25, 0.3) is 133 Å². The Hall–Kier alpha value is -15.7. The fraction of sp³-hybridized carbons (Fsp3) is 0. The van der Waals surface area contributed by atoms with Crippen molar-refractivity contribution in [3.05, 3.63) is 340 Å². The molecule has 19 aromatic rings. The lowest BCUT2D eigenvalue weighted by molar-refractivity contribution is 0.480. The first-order valence-corrected chi connectivity index (χ1v) is 36.5. The zero-order valence-electron chi connectivity index (χ0n) is 59.3. The molecule has 0 saturated heterocycles. The predicted octanol–water partition coefficient (Wildman–Crippen LogP) is 25.8. The fourth-order valence-electron chi connectivity index (χ4n) is 14.9. The van der Waals surface area contributed by atoms with Crippen LogP contribution in [0.5, 0.6) is 92.0 Å². The molecule has 0 fully saturated rings. The number of nitrogens with zero attached hydrogens (tertiary/aromatic N) is 6. The van der Waals surface area contributed by atoms with E-state index in [0.29, 0.717) is 179 Å². The van der Waals surface area contributed by atoms with E-state index >= 15 is 0 Å². The zero-order chi connectivity index (χ0) is 74.0. The number of para-hydroxylation sites is 8. The molecular weight excluding hydrogens is 1390 g/mol. The van der Waals surface area contributed by atoms with Crippen molar-refractivity contribution in [3.63, 3.8) is 0 Å². The number of ether oxygens (including phenoxy) is 8. The summed E-state index contributed by atoms with van der Waals surface area (Å²) in [4.78, 5) is 42.9. The van der Waals surface area contributed by atoms with Gasteiger partial charge in [0.25, 0.3) is 0 Å². The maximum atomic E-state index is 7.37. The topological polar surface area (TPSA) is 183 Å². The normalized spacial score (nSPS) is 11.6. The smallest absolute Gasteiger partial charge is 0.168 e. The second-order valence-corrected chi connectivity index (χ2v) is 26.7. The summed E-state index contributed by atoms with van der Waals surface area (Å²) >= 11 is 0. The predicted molar refractivity (Wildman–Crippen MR) is 438 cm³/mol. The Labute approximate surface area is 638 Å². The Balaban J connectivity index is 1.02. The molecule has 2 aliphatic heterocycles. The summed E-state index contributed by atoms with van der Waals surface area (Å²) in [5.41, 5.74) is 2.79.